The van der Waals surface area contributed by atoms with Gasteiger partial charge in [0.2, 0.25) is 0 Å². The van der Waals surface area contributed by atoms with E-state index < -0.39 is 18.7 Å². The van der Waals surface area contributed by atoms with E-state index in [-0.39, 0.29) is 30.0 Å². The number of carboxylic acids is 1. The molecule has 1 atom stereocenters. The lowest BCUT2D eigenvalue weighted by molar-refractivity contribution is -0.143. The lowest BCUT2D eigenvalue weighted by Crippen LogP contribution is -2.25. The van der Waals surface area contributed by atoms with Crippen LogP contribution in [0.4, 0.5) is 0 Å². The van der Waals surface area contributed by atoms with Crippen LogP contribution >= 0.6 is 27.5 Å². The Morgan fingerprint density at radius 3 is 2.76 bits per heavy atom. The zero-order valence-corrected chi connectivity index (χ0v) is 17.3. The van der Waals surface area contributed by atoms with E-state index in [0.29, 0.717) is 26.2 Å². The summed E-state index contributed by atoms with van der Waals surface area (Å²) in [6.45, 7) is -0.861. The van der Waals surface area contributed by atoms with E-state index in [2.05, 4.69) is 15.9 Å². The zero-order chi connectivity index (χ0) is 21.0. The van der Waals surface area contributed by atoms with Crippen molar-refractivity contribution in [1.29, 1.82) is 0 Å². The minimum atomic E-state index is -1.13. The summed E-state index contributed by atoms with van der Waals surface area (Å²) in [6.07, 6.45) is -1.04. The van der Waals surface area contributed by atoms with Gasteiger partial charge in [-0.05, 0) is 30.3 Å². The third kappa shape index (κ3) is 5.36. The van der Waals surface area contributed by atoms with Crippen LogP contribution in [0, 0.1) is 0 Å². The number of aliphatic carboxylic acids is 1. The number of aliphatic hydroxyl groups excluding tert-OH is 1. The highest BCUT2D eigenvalue weighted by Gasteiger charge is 2.15. The minimum Gasteiger partial charge on any atom is -0.490 e. The van der Waals surface area contributed by atoms with Crippen LogP contribution in [0.2, 0.25) is 5.02 Å². The second-order valence-electron chi connectivity index (χ2n) is 6.11. The Bertz CT molecular complexity index is 1100. The summed E-state index contributed by atoms with van der Waals surface area (Å²) in [5.41, 5.74) is 0.512. The largest absolute Gasteiger partial charge is 0.490 e. The van der Waals surface area contributed by atoms with Crippen molar-refractivity contribution in [3.05, 3.63) is 62.2 Å². The molecule has 3 rings (SSSR count). The van der Waals surface area contributed by atoms with Crippen LogP contribution in [0.15, 0.2) is 56.1 Å². The molecular weight excluding hydrogens is 468 g/mol. The van der Waals surface area contributed by atoms with Crippen molar-refractivity contribution < 1.29 is 28.9 Å². The van der Waals surface area contributed by atoms with Gasteiger partial charge in [0.05, 0.1) is 22.6 Å². The second-order valence-corrected chi connectivity index (χ2v) is 7.43. The van der Waals surface area contributed by atoms with Crippen LogP contribution < -0.4 is 10.2 Å². The van der Waals surface area contributed by atoms with Crippen molar-refractivity contribution in [3.63, 3.8) is 0 Å². The summed E-state index contributed by atoms with van der Waals surface area (Å²) in [5.74, 6) is -0.515. The summed E-state index contributed by atoms with van der Waals surface area (Å²) >= 11 is 9.52. The molecule has 3 aromatic rings. The Morgan fingerprint density at radius 2 is 2.00 bits per heavy atom. The van der Waals surface area contributed by atoms with E-state index in [4.69, 9.17) is 30.6 Å². The first kappa shape index (κ1) is 21.3. The first-order valence-corrected chi connectivity index (χ1v) is 9.65. The molecule has 29 heavy (non-hydrogen) atoms. The predicted octanol–water partition coefficient (Wildman–Crippen LogP) is 3.72. The maximum Gasteiger partial charge on any atom is 0.329 e. The number of hydrogen-bond acceptors (Lipinski definition) is 6. The van der Waals surface area contributed by atoms with Gasteiger partial charge >= 0.3 is 5.97 Å². The topological polar surface area (TPSA) is 106 Å². The minimum absolute atomic E-state index is 0.151. The Labute approximate surface area is 178 Å². The van der Waals surface area contributed by atoms with Crippen molar-refractivity contribution in [2.75, 3.05) is 19.8 Å². The predicted molar refractivity (Wildman–Crippen MR) is 111 cm³/mol. The number of benzene rings is 2. The molecule has 2 N–H and O–H groups in total. The molecule has 9 heteroatoms. The summed E-state index contributed by atoms with van der Waals surface area (Å²) in [5, 5.41) is 19.2. The number of aliphatic hydroxyl groups is 1. The molecule has 0 aliphatic carbocycles. The molecule has 1 unspecified atom stereocenters. The maximum absolute atomic E-state index is 12.5. The zero-order valence-electron chi connectivity index (χ0n) is 14.9. The number of carbonyl (C=O) groups is 1. The second kappa shape index (κ2) is 9.41. The van der Waals surface area contributed by atoms with Gasteiger partial charge in [0.25, 0.3) is 0 Å². The molecule has 1 heterocycles. The first-order chi connectivity index (χ1) is 13.8. The van der Waals surface area contributed by atoms with Gasteiger partial charge in [-0.25, -0.2) is 4.79 Å². The van der Waals surface area contributed by atoms with E-state index in [1.54, 1.807) is 36.4 Å². The quantitative estimate of drug-likeness (QED) is 0.503. The van der Waals surface area contributed by atoms with Gasteiger partial charge in [0, 0.05) is 10.5 Å². The SMILES string of the molecule is O=C(O)COCC(O)COc1cc(Br)ccc1-c1cc(=O)c2cccc(Cl)c2o1. The number of carboxylic acid groups (broad SMARTS) is 1. The van der Waals surface area contributed by atoms with Crippen molar-refractivity contribution in [2.45, 2.75) is 6.10 Å². The van der Waals surface area contributed by atoms with E-state index >= 15 is 0 Å². The molecule has 1 aromatic heterocycles. The van der Waals surface area contributed by atoms with Crippen molar-refractivity contribution >= 4 is 44.5 Å². The van der Waals surface area contributed by atoms with Gasteiger partial charge in [-0.1, -0.05) is 33.6 Å². The summed E-state index contributed by atoms with van der Waals surface area (Å²) < 4.78 is 17.1. The Hall–Kier alpha value is -2.39. The summed E-state index contributed by atoms with van der Waals surface area (Å²) in [4.78, 5) is 22.9. The highest BCUT2D eigenvalue weighted by molar-refractivity contribution is 9.10. The fourth-order valence-corrected chi connectivity index (χ4v) is 3.16. The van der Waals surface area contributed by atoms with E-state index in [1.807, 2.05) is 0 Å². The monoisotopic (exact) mass is 482 g/mol. The third-order valence-electron chi connectivity index (χ3n) is 3.88. The lowest BCUT2D eigenvalue weighted by atomic mass is 10.1. The molecule has 152 valence electrons. The molecule has 0 spiro atoms. The van der Waals surface area contributed by atoms with Crippen molar-refractivity contribution in [2.24, 2.45) is 0 Å². The summed E-state index contributed by atoms with van der Waals surface area (Å²) in [7, 11) is 0. The Morgan fingerprint density at radius 1 is 1.21 bits per heavy atom. The Kier molecular flexibility index (Phi) is 6.92. The lowest BCUT2D eigenvalue weighted by Gasteiger charge is -2.15. The van der Waals surface area contributed by atoms with Crippen LogP contribution in [0.5, 0.6) is 5.75 Å². The molecule has 0 aliphatic rings. The molecule has 2 aromatic carbocycles. The van der Waals surface area contributed by atoms with Crippen LogP contribution in [0.1, 0.15) is 0 Å². The maximum atomic E-state index is 12.5. The first-order valence-electron chi connectivity index (χ1n) is 8.48. The standard InChI is InChI=1S/C20H16BrClO7/c21-11-4-5-14(17(6-11)28-9-12(23)8-27-10-19(25)26)18-7-16(24)13-2-1-3-15(22)20(13)29-18/h1-7,12,23H,8-10H2,(H,25,26). The van der Waals surface area contributed by atoms with Gasteiger partial charge in [0.15, 0.2) is 11.0 Å². The number of halogens is 2. The number of hydrogen-bond donors (Lipinski definition) is 2. The highest BCUT2D eigenvalue weighted by Crippen LogP contribution is 2.34. The normalized spacial score (nSPS) is 12.1. The molecule has 0 aliphatic heterocycles. The van der Waals surface area contributed by atoms with E-state index in [0.717, 1.165) is 0 Å². The number of ether oxygens (including phenoxy) is 2. The van der Waals surface area contributed by atoms with Crippen molar-refractivity contribution in [3.8, 4) is 17.1 Å². The molecule has 7 nitrogen and oxygen atoms in total. The highest BCUT2D eigenvalue weighted by atomic mass is 79.9. The van der Waals surface area contributed by atoms with Crippen LogP contribution in [-0.4, -0.2) is 42.1 Å². The smallest absolute Gasteiger partial charge is 0.329 e. The molecule has 0 fully saturated rings. The average Bonchev–Trinajstić information content (AvgIpc) is 2.67. The average molecular weight is 484 g/mol. The number of rotatable bonds is 8. The molecule has 0 amide bonds. The van der Waals surface area contributed by atoms with E-state index in [9.17, 15) is 14.7 Å². The fraction of sp³-hybridized carbons (Fsp3) is 0.200. The molecule has 0 bridgehead atoms. The molecule has 0 radical (unpaired) electrons. The third-order valence-corrected chi connectivity index (χ3v) is 4.67. The van der Waals surface area contributed by atoms with Gasteiger partial charge < -0.3 is 24.1 Å². The molecular formula is C20H16BrClO7. The fourth-order valence-electron chi connectivity index (χ4n) is 2.61. The van der Waals surface area contributed by atoms with Crippen molar-refractivity contribution in [1.82, 2.24) is 0 Å². The van der Waals surface area contributed by atoms with Crippen LogP contribution in [0.3, 0.4) is 0 Å². The molecule has 0 saturated heterocycles. The number of fused-ring (bicyclic) bond motifs is 1. The van der Waals surface area contributed by atoms with Crippen LogP contribution in [0.25, 0.3) is 22.3 Å². The van der Waals surface area contributed by atoms with E-state index in [1.165, 1.54) is 6.07 Å². The Balaban J connectivity index is 1.87. The molecule has 0 saturated carbocycles. The van der Waals surface area contributed by atoms with Crippen LogP contribution in [-0.2, 0) is 9.53 Å². The summed E-state index contributed by atoms with van der Waals surface area (Å²) in [6, 6.07) is 11.4. The van der Waals surface area contributed by atoms with Gasteiger partial charge in [-0.2, -0.15) is 0 Å². The van der Waals surface area contributed by atoms with Gasteiger partial charge in [-0.15, -0.1) is 0 Å². The van der Waals surface area contributed by atoms with Gasteiger partial charge in [-0.3, -0.25) is 4.79 Å². The van der Waals surface area contributed by atoms with Gasteiger partial charge in [0.1, 0.15) is 30.8 Å². The number of para-hydroxylation sites is 1.